The number of anilines is 10. The summed E-state index contributed by atoms with van der Waals surface area (Å²) in [6.45, 7) is 53.9. The van der Waals surface area contributed by atoms with Crippen molar-refractivity contribution >= 4 is 158 Å². The molecule has 656 valence electrons. The Kier molecular flexibility index (Phi) is 25.8. The van der Waals surface area contributed by atoms with Crippen LogP contribution in [0.1, 0.15) is 227 Å². The van der Waals surface area contributed by atoms with Crippen LogP contribution in [0.25, 0.3) is 11.1 Å². The molecule has 0 aromatic heterocycles. The quantitative estimate of drug-likeness (QED) is 0.114. The summed E-state index contributed by atoms with van der Waals surface area (Å²) in [5, 5.41) is 12.5. The second-order valence-electron chi connectivity index (χ2n) is 42.8. The van der Waals surface area contributed by atoms with Gasteiger partial charge in [0.05, 0.1) is 22.7 Å². The van der Waals surface area contributed by atoms with Gasteiger partial charge in [0.1, 0.15) is 16.1 Å². The van der Waals surface area contributed by atoms with Crippen LogP contribution in [-0.4, -0.2) is 65.2 Å². The first-order valence-corrected chi connectivity index (χ1v) is 57.4. The number of fused-ring (bicyclic) bond motifs is 17. The van der Waals surface area contributed by atoms with Crippen molar-refractivity contribution in [3.8, 4) is 11.1 Å². The van der Waals surface area contributed by atoms with Gasteiger partial charge >= 0.3 is 0 Å². The van der Waals surface area contributed by atoms with E-state index in [4.69, 9.17) is 0 Å². The molecule has 0 bridgehead atoms. The smallest absolute Gasteiger partial charge is 0.185 e. The number of rotatable bonds is 7. The van der Waals surface area contributed by atoms with Crippen LogP contribution in [-0.2, 0) is 21.7 Å². The Balaban J connectivity index is 0.000000123. The maximum absolute atomic E-state index is 2.59. The highest BCUT2D eigenvalue weighted by molar-refractivity contribution is 8.02. The normalized spacial score (nSPS) is 16.0. The molecule has 0 radical (unpaired) electrons. The van der Waals surface area contributed by atoms with Crippen LogP contribution < -0.4 is 66.0 Å². The van der Waals surface area contributed by atoms with Crippen molar-refractivity contribution in [1.82, 2.24) is 0 Å². The second-order valence-corrected chi connectivity index (χ2v) is 58.6. The Morgan fingerprint density at radius 2 is 0.730 bits per heavy atom. The molecule has 1 atom stereocenters. The summed E-state index contributed by atoms with van der Waals surface area (Å²) in [5.74, 6) is 3.02. The van der Waals surface area contributed by atoms with E-state index in [2.05, 4.69) is 460 Å². The van der Waals surface area contributed by atoms with Crippen molar-refractivity contribution in [2.24, 2.45) is 5.41 Å². The van der Waals surface area contributed by atoms with E-state index in [1.165, 1.54) is 170 Å². The van der Waals surface area contributed by atoms with E-state index in [0.29, 0.717) is 11.8 Å². The zero-order chi connectivity index (χ0) is 90.4. The van der Waals surface area contributed by atoms with Crippen molar-refractivity contribution in [1.29, 1.82) is 0 Å². The predicted molar refractivity (Wildman–Crippen MR) is 566 cm³/mol. The number of benzene rings is 12. The van der Waals surface area contributed by atoms with Crippen molar-refractivity contribution in [3.05, 3.63) is 282 Å². The molecule has 12 aromatic carbocycles. The van der Waals surface area contributed by atoms with Crippen LogP contribution in [0.15, 0.2) is 267 Å². The van der Waals surface area contributed by atoms with Gasteiger partial charge in [-0.15, -0.1) is 11.8 Å². The van der Waals surface area contributed by atoms with Gasteiger partial charge in [-0.1, -0.05) is 358 Å². The first-order chi connectivity index (χ1) is 59.5. The number of para-hydroxylation sites is 3. The number of thioether (sulfide) groups is 1. The molecule has 6 heterocycles. The molecule has 1 saturated carbocycles. The molecule has 19 rings (SSSR count). The molecule has 0 saturated heterocycles. The lowest BCUT2D eigenvalue weighted by molar-refractivity contribution is 0.339. The average Bonchev–Trinajstić information content (AvgIpc) is 1.49. The van der Waals surface area contributed by atoms with E-state index in [1.54, 1.807) is 41.9 Å². The molecule has 6 aliphatic heterocycles. The predicted octanol–water partition coefficient (Wildman–Crippen LogP) is 28.2. The van der Waals surface area contributed by atoms with Gasteiger partial charge in [0.25, 0.3) is 0 Å². The van der Waals surface area contributed by atoms with Gasteiger partial charge in [-0.2, -0.15) is 0 Å². The largest absolute Gasteiger partial charge is 0.345 e. The maximum Gasteiger partial charge on any atom is 0.185 e. The summed E-state index contributed by atoms with van der Waals surface area (Å²) in [5.41, 5.74) is 27.8. The molecule has 7 aliphatic rings. The Morgan fingerprint density at radius 1 is 0.349 bits per heavy atom. The minimum Gasteiger partial charge on any atom is -0.345 e. The molecule has 12 aromatic rings. The lowest BCUT2D eigenvalue weighted by Crippen LogP contribution is -2.75. The summed E-state index contributed by atoms with van der Waals surface area (Å²) >= 11 is 5.78. The molecule has 0 N–H and O–H groups in total. The number of nitrogens with zero attached hydrogens (tertiary/aromatic N) is 5. The standard InChI is InChI=1S/C30H29NSi.2C23H33NSi.C21H27NS2.C18H19NS/c1-4-21(5-2)22-18-19-26-30(20-22)32(29-17-11-8-14-25(29)31(26)3)27-15-9-6-12-23(27)24-13-7-10-16-28(24)32;2*1-22(2,3)16-10-12-18-20(14-16)25(8,9)21-15-17(23(4,5)6)11-13-19(21)24(18)7;1-7-23-18-10-8-9-17-20(18)24-19-13-15(14(2)21(3,4)5)11-12-16(19)22(17)6;1-19-15-10-4-5-11-16(15)20-17-12-6-9-14(18(17)19)13-7-2-3-8-13/h6-21H,4-5H2,1-3H3;2*10-15H,1-9H3;8-14H,7H2,1-6H3;4-6,9-13H,2-3,7-8H2,1H3. The molecule has 1 fully saturated rings. The van der Waals surface area contributed by atoms with Gasteiger partial charge in [-0.05, 0) is 247 Å². The first kappa shape index (κ1) is 92.1. The van der Waals surface area contributed by atoms with Crippen molar-refractivity contribution in [2.45, 2.75) is 260 Å². The highest BCUT2D eigenvalue weighted by atomic mass is 32.2. The van der Waals surface area contributed by atoms with Crippen LogP contribution in [0.2, 0.25) is 26.2 Å². The van der Waals surface area contributed by atoms with Gasteiger partial charge in [0.15, 0.2) is 8.07 Å². The number of hydrogen-bond acceptors (Lipinski definition) is 8. The topological polar surface area (TPSA) is 16.2 Å². The molecule has 126 heavy (non-hydrogen) atoms. The third-order valence-electron chi connectivity index (χ3n) is 29.0. The fourth-order valence-electron chi connectivity index (χ4n) is 20.7. The summed E-state index contributed by atoms with van der Waals surface area (Å²) in [7, 11) is 5.22. The monoisotopic (exact) mass is 1770 g/mol. The molecule has 11 heteroatoms. The summed E-state index contributed by atoms with van der Waals surface area (Å²) < 4.78 is 0. The third-order valence-corrected chi connectivity index (χ3v) is 44.3. The lowest BCUT2D eigenvalue weighted by atomic mass is 9.78. The van der Waals surface area contributed by atoms with E-state index >= 15 is 0 Å². The Morgan fingerprint density at radius 3 is 1.20 bits per heavy atom. The van der Waals surface area contributed by atoms with Crippen LogP contribution in [0.4, 0.5) is 56.9 Å². The fourth-order valence-corrected chi connectivity index (χ4v) is 36.0. The van der Waals surface area contributed by atoms with Gasteiger partial charge in [0.2, 0.25) is 0 Å². The minimum absolute atomic E-state index is 0.186. The van der Waals surface area contributed by atoms with Crippen molar-refractivity contribution in [2.75, 3.05) is 65.5 Å². The van der Waals surface area contributed by atoms with Gasteiger partial charge in [-0.3, -0.25) is 0 Å². The summed E-state index contributed by atoms with van der Waals surface area (Å²) in [6, 6.07) is 92.7. The third kappa shape index (κ3) is 17.1. The number of hydrogen-bond donors (Lipinski definition) is 0. The highest BCUT2D eigenvalue weighted by Gasteiger charge is 2.54. The highest BCUT2D eigenvalue weighted by Crippen LogP contribution is 2.55. The molecular formula is C115H141N5S3Si3. The van der Waals surface area contributed by atoms with Crippen LogP contribution >= 0.6 is 35.3 Å². The van der Waals surface area contributed by atoms with E-state index in [1.807, 2.05) is 35.3 Å². The molecule has 1 unspecified atom stereocenters. The van der Waals surface area contributed by atoms with Crippen LogP contribution in [0, 0.1) is 5.41 Å². The zero-order valence-electron chi connectivity index (χ0n) is 81.2. The van der Waals surface area contributed by atoms with E-state index in [0.717, 1.165) is 11.7 Å². The van der Waals surface area contributed by atoms with E-state index < -0.39 is 24.2 Å². The van der Waals surface area contributed by atoms with Crippen molar-refractivity contribution in [3.63, 3.8) is 0 Å². The van der Waals surface area contributed by atoms with E-state index in [9.17, 15) is 0 Å². The molecule has 5 nitrogen and oxygen atoms in total. The summed E-state index contributed by atoms with van der Waals surface area (Å²) in [6.07, 6.45) is 7.86. The van der Waals surface area contributed by atoms with E-state index in [-0.39, 0.29) is 27.1 Å². The zero-order valence-corrected chi connectivity index (χ0v) is 86.7. The Bertz CT molecular complexity index is 5730. The first-order valence-electron chi connectivity index (χ1n) is 46.7. The lowest BCUT2D eigenvalue weighted by Gasteiger charge is -2.42. The van der Waals surface area contributed by atoms with Gasteiger partial charge < -0.3 is 24.5 Å². The Labute approximate surface area is 775 Å². The summed E-state index contributed by atoms with van der Waals surface area (Å²) in [4.78, 5) is 18.9. The Hall–Kier alpha value is -8.66. The van der Waals surface area contributed by atoms with Crippen LogP contribution in [0.3, 0.4) is 0 Å². The second kappa shape index (κ2) is 35.3. The molecule has 0 amide bonds. The minimum atomic E-state index is -2.39. The SMILES string of the molecule is CCC(CC)c1ccc2c(c1)[Si]1(c3ccccc3-c3ccccc31)c1ccccc1N2C.CCSc1cccc2c1Sc1cc(C(C)C(C)(C)C)ccc1N2C.CN1c2ccc(C(C)(C)C)cc2[Si](C)(C)c2cc(C(C)(C)C)ccc21.CN1c2ccc(C(C)(C)C)cc2[Si](C)(C)c2cc(C(C)(C)C)ccc21.CN1c2ccccc2Sc2cccc(C3CCCC3)c21. The van der Waals surface area contributed by atoms with Gasteiger partial charge in [0, 0.05) is 93.8 Å². The van der Waals surface area contributed by atoms with Crippen LogP contribution in [0.5, 0.6) is 0 Å². The van der Waals surface area contributed by atoms with Crippen molar-refractivity contribution < 1.29 is 0 Å². The fraction of sp³-hybridized carbons (Fsp3) is 0.374. The van der Waals surface area contributed by atoms with Gasteiger partial charge in [-0.25, -0.2) is 0 Å². The molecule has 1 spiro atoms. The maximum atomic E-state index is 2.59. The average molecular weight is 1770 g/mol. The molecule has 1 aliphatic carbocycles. The molecular weight excluding hydrogens is 1630 g/mol.